The van der Waals surface area contributed by atoms with Gasteiger partial charge in [0.15, 0.2) is 11.4 Å². The van der Waals surface area contributed by atoms with E-state index in [2.05, 4.69) is 79.4 Å². The first-order valence-electron chi connectivity index (χ1n) is 17.9. The lowest BCUT2D eigenvalue weighted by Crippen LogP contribution is -2.36. The molecule has 0 unspecified atom stereocenters. The molecule has 6 rings (SSSR count). The molecule has 2 amide bonds. The van der Waals surface area contributed by atoms with Gasteiger partial charge in [0, 0.05) is 41.7 Å². The molecule has 1 aliphatic carbocycles. The van der Waals surface area contributed by atoms with E-state index in [1.165, 1.54) is 0 Å². The van der Waals surface area contributed by atoms with Crippen LogP contribution in [0.3, 0.4) is 0 Å². The van der Waals surface area contributed by atoms with Crippen LogP contribution >= 0.6 is 0 Å². The Morgan fingerprint density at radius 1 is 0.920 bits per heavy atom. The SMILES string of the molecule is CC(C)(C)c1cc(NC(=O)N[C@H]2CC[C@@H](Oc3ccc4nnc(C(C)(C)C)n4c3)c3ccccc32)cc(C(=O)CCCCN2CCOCC2)n1. The first-order valence-corrected chi connectivity index (χ1v) is 17.9. The van der Waals surface area contributed by atoms with Crippen molar-refractivity contribution < 1.29 is 19.1 Å². The molecular weight excluding hydrogens is 630 g/mol. The molecule has 266 valence electrons. The maximum Gasteiger partial charge on any atom is 0.319 e. The molecule has 11 heteroatoms. The highest BCUT2D eigenvalue weighted by Crippen LogP contribution is 2.39. The minimum Gasteiger partial charge on any atom is -0.484 e. The van der Waals surface area contributed by atoms with Crippen LogP contribution in [0.2, 0.25) is 0 Å². The third-order valence-corrected chi connectivity index (χ3v) is 9.43. The summed E-state index contributed by atoms with van der Waals surface area (Å²) in [5.41, 5.74) is 4.09. The summed E-state index contributed by atoms with van der Waals surface area (Å²) in [7, 11) is 0. The number of carbonyl (C=O) groups excluding carboxylic acids is 2. The molecule has 0 saturated carbocycles. The lowest BCUT2D eigenvalue weighted by atomic mass is 9.85. The van der Waals surface area contributed by atoms with Crippen LogP contribution in [0.4, 0.5) is 10.5 Å². The van der Waals surface area contributed by atoms with Crippen molar-refractivity contribution in [1.29, 1.82) is 0 Å². The molecule has 50 heavy (non-hydrogen) atoms. The summed E-state index contributed by atoms with van der Waals surface area (Å²) in [4.78, 5) is 33.9. The number of aromatic nitrogens is 4. The van der Waals surface area contributed by atoms with Gasteiger partial charge in [-0.2, -0.15) is 0 Å². The molecule has 0 radical (unpaired) electrons. The number of nitrogens with one attached hydrogen (secondary N) is 2. The van der Waals surface area contributed by atoms with E-state index in [9.17, 15) is 9.59 Å². The van der Waals surface area contributed by atoms with Gasteiger partial charge in [0.05, 0.1) is 25.5 Å². The van der Waals surface area contributed by atoms with E-state index >= 15 is 0 Å². The van der Waals surface area contributed by atoms with E-state index in [0.29, 0.717) is 24.2 Å². The van der Waals surface area contributed by atoms with Crippen molar-refractivity contribution in [2.24, 2.45) is 0 Å². The summed E-state index contributed by atoms with van der Waals surface area (Å²) in [5.74, 6) is 1.60. The van der Waals surface area contributed by atoms with Crippen molar-refractivity contribution in [3.8, 4) is 5.75 Å². The molecule has 1 fully saturated rings. The molecule has 1 aliphatic heterocycles. The second-order valence-corrected chi connectivity index (χ2v) is 15.5. The Hall–Kier alpha value is -4.35. The Morgan fingerprint density at radius 3 is 2.42 bits per heavy atom. The summed E-state index contributed by atoms with van der Waals surface area (Å²) in [6, 6.07) is 15.0. The van der Waals surface area contributed by atoms with Crippen LogP contribution in [0.5, 0.6) is 5.75 Å². The number of hydrogen-bond donors (Lipinski definition) is 2. The van der Waals surface area contributed by atoms with E-state index < -0.39 is 0 Å². The predicted octanol–water partition coefficient (Wildman–Crippen LogP) is 7.18. The van der Waals surface area contributed by atoms with Gasteiger partial charge in [-0.05, 0) is 67.6 Å². The number of rotatable bonds is 10. The number of pyridine rings is 2. The van der Waals surface area contributed by atoms with Gasteiger partial charge in [0.2, 0.25) is 0 Å². The molecule has 4 heterocycles. The number of ketones is 1. The van der Waals surface area contributed by atoms with Gasteiger partial charge in [0.25, 0.3) is 0 Å². The highest BCUT2D eigenvalue weighted by Gasteiger charge is 2.30. The number of benzene rings is 1. The minimum atomic E-state index is -0.327. The van der Waals surface area contributed by atoms with Gasteiger partial charge in [-0.15, -0.1) is 10.2 Å². The number of fused-ring (bicyclic) bond motifs is 2. The fourth-order valence-electron chi connectivity index (χ4n) is 6.67. The zero-order valence-corrected chi connectivity index (χ0v) is 30.3. The molecule has 1 aromatic carbocycles. The maximum atomic E-state index is 13.5. The van der Waals surface area contributed by atoms with Gasteiger partial charge in [-0.3, -0.25) is 14.1 Å². The largest absolute Gasteiger partial charge is 0.484 e. The fourth-order valence-corrected chi connectivity index (χ4v) is 6.67. The van der Waals surface area contributed by atoms with Crippen molar-refractivity contribution in [2.45, 2.75) is 96.6 Å². The number of unbranched alkanes of at least 4 members (excludes halogenated alkanes) is 1. The standard InChI is InChI=1S/C39H51N7O4/c1-38(2,3)34-24-26(23-31(41-34)32(47)13-9-10-18-45-19-21-49-22-20-45)40-37(48)42-30-15-16-33(29-12-8-7-11-28(29)30)50-27-14-17-35-43-44-36(39(4,5)6)46(35)25-27/h7-8,11-12,14,17,23-25,30,33H,9-10,13,15-16,18-22H2,1-6H3,(H2,40,41,42,48)/t30-,33+/m0/s1. The van der Waals surface area contributed by atoms with Gasteiger partial charge in [-0.25, -0.2) is 9.78 Å². The number of carbonyl (C=O) groups is 2. The van der Waals surface area contributed by atoms with Crippen LogP contribution in [-0.2, 0) is 15.6 Å². The van der Waals surface area contributed by atoms with E-state index in [1.54, 1.807) is 6.07 Å². The Balaban J connectivity index is 1.11. The van der Waals surface area contributed by atoms with Gasteiger partial charge >= 0.3 is 6.03 Å². The van der Waals surface area contributed by atoms with E-state index in [0.717, 1.165) is 86.2 Å². The molecule has 0 spiro atoms. The average Bonchev–Trinajstić information content (AvgIpc) is 3.52. The van der Waals surface area contributed by atoms with Crippen molar-refractivity contribution in [2.75, 3.05) is 38.2 Å². The number of amides is 2. The Morgan fingerprint density at radius 2 is 1.68 bits per heavy atom. The van der Waals surface area contributed by atoms with Gasteiger partial charge in [0.1, 0.15) is 23.4 Å². The number of anilines is 1. The quantitative estimate of drug-likeness (QED) is 0.133. The first-order chi connectivity index (χ1) is 23.8. The van der Waals surface area contributed by atoms with Gasteiger partial charge in [-0.1, -0.05) is 65.8 Å². The zero-order chi connectivity index (χ0) is 35.5. The number of Topliss-reactive ketones (excluding diaryl/α,β-unsaturated/α-hetero) is 1. The number of ether oxygens (including phenoxy) is 2. The number of hydrogen-bond acceptors (Lipinski definition) is 8. The smallest absolute Gasteiger partial charge is 0.319 e. The average molecular weight is 682 g/mol. The topological polar surface area (TPSA) is 123 Å². The van der Waals surface area contributed by atoms with Crippen molar-refractivity contribution >= 4 is 23.1 Å². The molecule has 4 aromatic rings. The molecule has 3 aromatic heterocycles. The lowest BCUT2D eigenvalue weighted by molar-refractivity contribution is 0.0371. The van der Waals surface area contributed by atoms with Crippen LogP contribution in [-0.4, -0.2) is 69.1 Å². The molecule has 2 N–H and O–H groups in total. The monoisotopic (exact) mass is 681 g/mol. The van der Waals surface area contributed by atoms with E-state index in [1.807, 2.05) is 40.9 Å². The van der Waals surface area contributed by atoms with E-state index in [-0.39, 0.29) is 34.8 Å². The highest BCUT2D eigenvalue weighted by atomic mass is 16.5. The third-order valence-electron chi connectivity index (χ3n) is 9.43. The molecule has 11 nitrogen and oxygen atoms in total. The summed E-state index contributed by atoms with van der Waals surface area (Å²) in [6.45, 7) is 16.9. The van der Waals surface area contributed by atoms with Crippen molar-refractivity contribution in [3.63, 3.8) is 0 Å². The number of urea groups is 1. The minimum absolute atomic E-state index is 0.00753. The second kappa shape index (κ2) is 14.9. The summed E-state index contributed by atoms with van der Waals surface area (Å²) in [5, 5.41) is 14.9. The first kappa shape index (κ1) is 35.5. The Labute approximate surface area is 295 Å². The van der Waals surface area contributed by atoms with Crippen LogP contribution < -0.4 is 15.4 Å². The van der Waals surface area contributed by atoms with Crippen LogP contribution in [0.15, 0.2) is 54.7 Å². The lowest BCUT2D eigenvalue weighted by Gasteiger charge is -2.32. The summed E-state index contributed by atoms with van der Waals surface area (Å²) in [6.07, 6.45) is 5.38. The Bertz CT molecular complexity index is 1820. The molecular formula is C39H51N7O4. The number of morpholine rings is 1. The Kier molecular flexibility index (Phi) is 10.5. The van der Waals surface area contributed by atoms with Crippen LogP contribution in [0.1, 0.15) is 119 Å². The van der Waals surface area contributed by atoms with Crippen molar-refractivity contribution in [3.05, 3.63) is 83.1 Å². The summed E-state index contributed by atoms with van der Waals surface area (Å²) >= 11 is 0. The number of nitrogens with zero attached hydrogens (tertiary/aromatic N) is 5. The second-order valence-electron chi connectivity index (χ2n) is 15.5. The fraction of sp³-hybridized carbons (Fsp3) is 0.513. The molecule has 2 atom stereocenters. The predicted molar refractivity (Wildman–Crippen MR) is 194 cm³/mol. The van der Waals surface area contributed by atoms with Gasteiger partial charge < -0.3 is 20.1 Å². The normalized spacial score (nSPS) is 18.4. The van der Waals surface area contributed by atoms with E-state index in [4.69, 9.17) is 14.5 Å². The molecule has 0 bridgehead atoms. The summed E-state index contributed by atoms with van der Waals surface area (Å²) < 4.78 is 14.0. The zero-order valence-electron chi connectivity index (χ0n) is 30.3. The molecule has 2 aliphatic rings. The van der Waals surface area contributed by atoms with Crippen LogP contribution in [0.25, 0.3) is 5.65 Å². The maximum absolute atomic E-state index is 13.5. The highest BCUT2D eigenvalue weighted by molar-refractivity contribution is 5.97. The molecule has 1 saturated heterocycles. The third kappa shape index (κ3) is 8.50. The van der Waals surface area contributed by atoms with Crippen molar-refractivity contribution in [1.82, 2.24) is 29.8 Å². The van der Waals surface area contributed by atoms with Crippen LogP contribution in [0, 0.1) is 0 Å².